The fourth-order valence-electron chi connectivity index (χ4n) is 4.00. The quantitative estimate of drug-likeness (QED) is 0.893. The maximum atomic E-state index is 12.8. The third-order valence-electron chi connectivity index (χ3n) is 5.45. The van der Waals surface area contributed by atoms with Crippen molar-refractivity contribution in [2.45, 2.75) is 26.1 Å². The van der Waals surface area contributed by atoms with E-state index in [2.05, 4.69) is 5.32 Å². The average Bonchev–Trinajstić information content (AvgIpc) is 3.33. The number of carbonyl (C=O) groups excluding carboxylic acids is 2. The number of nitrogens with one attached hydrogen (secondary N) is 1. The number of amides is 3. The van der Waals surface area contributed by atoms with Gasteiger partial charge in [0.15, 0.2) is 6.29 Å². The number of rotatable bonds is 3. The van der Waals surface area contributed by atoms with Crippen LogP contribution in [0.5, 0.6) is 0 Å². The smallest absolute Gasteiger partial charge is 0.322 e. The Morgan fingerprint density at radius 3 is 2.50 bits per heavy atom. The molecule has 3 aliphatic rings. The molecule has 7 heteroatoms. The van der Waals surface area contributed by atoms with Crippen LogP contribution in [0.1, 0.15) is 28.8 Å². The van der Waals surface area contributed by atoms with Crippen LogP contribution in [-0.2, 0) is 9.47 Å². The van der Waals surface area contributed by atoms with Crippen molar-refractivity contribution in [1.82, 2.24) is 10.2 Å². The fraction of sp³-hybridized carbons (Fsp3) is 0.579. The van der Waals surface area contributed by atoms with Crippen LogP contribution in [0.3, 0.4) is 0 Å². The van der Waals surface area contributed by atoms with Crippen molar-refractivity contribution in [3.05, 3.63) is 29.3 Å². The molecule has 1 aromatic carbocycles. The van der Waals surface area contributed by atoms with Crippen LogP contribution in [0.2, 0.25) is 0 Å². The highest BCUT2D eigenvalue weighted by atomic mass is 16.7. The summed E-state index contributed by atoms with van der Waals surface area (Å²) in [5.74, 6) is 0.427. The molecule has 0 unspecified atom stereocenters. The number of hydrogen-bond acceptors (Lipinski definition) is 4. The molecule has 0 spiro atoms. The normalized spacial score (nSPS) is 22.1. The van der Waals surface area contributed by atoms with Gasteiger partial charge in [0.05, 0.1) is 13.2 Å². The van der Waals surface area contributed by atoms with Gasteiger partial charge in [-0.3, -0.25) is 9.69 Å². The van der Waals surface area contributed by atoms with Crippen LogP contribution in [0.15, 0.2) is 18.2 Å². The monoisotopic (exact) mass is 359 g/mol. The molecule has 0 saturated carbocycles. The number of piperidine rings is 1. The molecule has 0 aliphatic carbocycles. The van der Waals surface area contributed by atoms with E-state index in [0.717, 1.165) is 37.2 Å². The van der Waals surface area contributed by atoms with Gasteiger partial charge in [0.2, 0.25) is 0 Å². The lowest BCUT2D eigenvalue weighted by molar-refractivity contribution is -0.0956. The van der Waals surface area contributed by atoms with E-state index in [9.17, 15) is 9.59 Å². The highest BCUT2D eigenvalue weighted by Gasteiger charge is 2.32. The summed E-state index contributed by atoms with van der Waals surface area (Å²) in [5, 5.41) is 2.80. The topological polar surface area (TPSA) is 71.1 Å². The predicted molar refractivity (Wildman–Crippen MR) is 96.2 cm³/mol. The van der Waals surface area contributed by atoms with Gasteiger partial charge in [-0.25, -0.2) is 4.79 Å². The summed E-state index contributed by atoms with van der Waals surface area (Å²) >= 11 is 0. The first-order valence-corrected chi connectivity index (χ1v) is 9.32. The van der Waals surface area contributed by atoms with Crippen LogP contribution in [0, 0.1) is 12.8 Å². The van der Waals surface area contributed by atoms with Gasteiger partial charge in [0, 0.05) is 43.3 Å². The number of likely N-dealkylation sites (tertiary alicyclic amines) is 1. The molecule has 7 nitrogen and oxygen atoms in total. The molecule has 4 rings (SSSR count). The van der Waals surface area contributed by atoms with E-state index < -0.39 is 0 Å². The Morgan fingerprint density at radius 1 is 1.15 bits per heavy atom. The average molecular weight is 359 g/mol. The molecule has 0 aromatic heterocycles. The summed E-state index contributed by atoms with van der Waals surface area (Å²) in [5.41, 5.74) is 2.49. The van der Waals surface area contributed by atoms with Gasteiger partial charge in [-0.2, -0.15) is 0 Å². The molecule has 26 heavy (non-hydrogen) atoms. The van der Waals surface area contributed by atoms with Crippen molar-refractivity contribution in [3.8, 4) is 0 Å². The Balaban J connectivity index is 1.40. The second-order valence-corrected chi connectivity index (χ2v) is 7.12. The summed E-state index contributed by atoms with van der Waals surface area (Å²) in [7, 11) is 0. The van der Waals surface area contributed by atoms with Gasteiger partial charge in [0.1, 0.15) is 0 Å². The largest absolute Gasteiger partial charge is 0.350 e. The second-order valence-electron chi connectivity index (χ2n) is 7.12. The third-order valence-corrected chi connectivity index (χ3v) is 5.45. The molecular weight excluding hydrogens is 334 g/mol. The van der Waals surface area contributed by atoms with Crippen molar-refractivity contribution < 1.29 is 19.1 Å². The van der Waals surface area contributed by atoms with Gasteiger partial charge in [-0.05, 0) is 43.5 Å². The summed E-state index contributed by atoms with van der Waals surface area (Å²) < 4.78 is 11.2. The van der Waals surface area contributed by atoms with Crippen LogP contribution in [0.4, 0.5) is 10.5 Å². The number of benzene rings is 1. The predicted octanol–water partition coefficient (Wildman–Crippen LogP) is 1.75. The lowest BCUT2D eigenvalue weighted by atomic mass is 9.95. The van der Waals surface area contributed by atoms with Gasteiger partial charge < -0.3 is 19.7 Å². The number of carbonyl (C=O) groups is 2. The Kier molecular flexibility index (Phi) is 4.82. The van der Waals surface area contributed by atoms with Crippen molar-refractivity contribution in [1.29, 1.82) is 0 Å². The lowest BCUT2D eigenvalue weighted by Gasteiger charge is -2.34. The van der Waals surface area contributed by atoms with E-state index in [-0.39, 0.29) is 18.2 Å². The van der Waals surface area contributed by atoms with Crippen LogP contribution in [-0.4, -0.2) is 62.5 Å². The fourth-order valence-corrected chi connectivity index (χ4v) is 4.00. The molecular formula is C19H25N3O4. The highest BCUT2D eigenvalue weighted by Crippen LogP contribution is 2.28. The number of anilines is 1. The summed E-state index contributed by atoms with van der Waals surface area (Å²) in [6.45, 7) is 6.05. The van der Waals surface area contributed by atoms with E-state index in [1.54, 1.807) is 4.90 Å². The van der Waals surface area contributed by atoms with Gasteiger partial charge >= 0.3 is 6.03 Å². The number of ether oxygens (including phenoxy) is 2. The molecule has 0 radical (unpaired) electrons. The zero-order chi connectivity index (χ0) is 18.1. The first kappa shape index (κ1) is 17.3. The van der Waals surface area contributed by atoms with Crippen LogP contribution >= 0.6 is 0 Å². The standard InChI is InChI=1S/C19H25N3O4/c1-13-12-15(2-3-16(13)22-9-6-20-19(22)24)17(23)21-7-4-14(5-8-21)18-25-10-11-26-18/h2-3,12,14,18H,4-11H2,1H3,(H,20,24). The van der Waals surface area contributed by atoms with E-state index in [1.807, 2.05) is 30.0 Å². The molecule has 0 atom stereocenters. The maximum Gasteiger partial charge on any atom is 0.322 e. The third kappa shape index (κ3) is 3.29. The maximum absolute atomic E-state index is 12.8. The minimum Gasteiger partial charge on any atom is -0.350 e. The number of hydrogen-bond donors (Lipinski definition) is 1. The molecule has 1 N–H and O–H groups in total. The molecule has 3 aliphatic heterocycles. The lowest BCUT2D eigenvalue weighted by Crippen LogP contribution is -2.41. The molecule has 3 amide bonds. The van der Waals surface area contributed by atoms with Crippen LogP contribution < -0.4 is 10.2 Å². The number of urea groups is 1. The van der Waals surface area contributed by atoms with Gasteiger partial charge in [-0.15, -0.1) is 0 Å². The Morgan fingerprint density at radius 2 is 1.88 bits per heavy atom. The first-order chi connectivity index (χ1) is 12.6. The summed E-state index contributed by atoms with van der Waals surface area (Å²) in [6.07, 6.45) is 1.71. The molecule has 3 fully saturated rings. The Hall–Kier alpha value is -2.12. The van der Waals surface area contributed by atoms with E-state index in [0.29, 0.717) is 37.8 Å². The van der Waals surface area contributed by atoms with E-state index in [4.69, 9.17) is 9.47 Å². The SMILES string of the molecule is Cc1cc(C(=O)N2CCC(C3OCCO3)CC2)ccc1N1CCNC1=O. The first-order valence-electron chi connectivity index (χ1n) is 9.32. The van der Waals surface area contributed by atoms with Crippen molar-refractivity contribution >= 4 is 17.6 Å². The van der Waals surface area contributed by atoms with Crippen molar-refractivity contribution in [3.63, 3.8) is 0 Å². The molecule has 3 saturated heterocycles. The zero-order valence-corrected chi connectivity index (χ0v) is 15.1. The molecule has 140 valence electrons. The molecule has 3 heterocycles. The van der Waals surface area contributed by atoms with Crippen LogP contribution in [0.25, 0.3) is 0 Å². The number of nitrogens with zero attached hydrogens (tertiary/aromatic N) is 2. The Labute approximate surface area is 153 Å². The minimum absolute atomic E-state index is 0.0530. The van der Waals surface area contributed by atoms with Crippen molar-refractivity contribution in [2.75, 3.05) is 44.3 Å². The number of aryl methyl sites for hydroxylation is 1. The van der Waals surface area contributed by atoms with Crippen molar-refractivity contribution in [2.24, 2.45) is 5.92 Å². The van der Waals surface area contributed by atoms with Gasteiger partial charge in [0.25, 0.3) is 5.91 Å². The minimum atomic E-state index is -0.0969. The zero-order valence-electron chi connectivity index (χ0n) is 15.1. The van der Waals surface area contributed by atoms with E-state index >= 15 is 0 Å². The van der Waals surface area contributed by atoms with Gasteiger partial charge in [-0.1, -0.05) is 0 Å². The highest BCUT2D eigenvalue weighted by molar-refractivity contribution is 5.98. The Bertz CT molecular complexity index is 694. The summed E-state index contributed by atoms with van der Waals surface area (Å²) in [6, 6.07) is 5.51. The second kappa shape index (κ2) is 7.25. The molecule has 1 aromatic rings. The molecule has 0 bridgehead atoms. The summed E-state index contributed by atoms with van der Waals surface area (Å²) in [4.78, 5) is 28.3. The van der Waals surface area contributed by atoms with E-state index in [1.165, 1.54) is 0 Å².